The zero-order chi connectivity index (χ0) is 13.7. The van der Waals surface area contributed by atoms with E-state index >= 15 is 0 Å². The number of hydrogen-bond acceptors (Lipinski definition) is 2. The van der Waals surface area contributed by atoms with Crippen LogP contribution in [0.1, 0.15) is 52.0 Å². The SMILES string of the molecule is CC(C)(C)C1CCCCC1NOCc1ccccc1. The summed E-state index contributed by atoms with van der Waals surface area (Å²) in [6.45, 7) is 7.67. The molecule has 1 aliphatic carbocycles. The van der Waals surface area contributed by atoms with Crippen LogP contribution in [-0.4, -0.2) is 6.04 Å². The van der Waals surface area contributed by atoms with Gasteiger partial charge in [-0.1, -0.05) is 63.9 Å². The fourth-order valence-corrected chi connectivity index (χ4v) is 3.11. The first-order valence-corrected chi connectivity index (χ1v) is 7.48. The standard InChI is InChI=1S/C17H27NO/c1-17(2,3)15-11-7-8-12-16(15)18-19-13-14-9-5-4-6-10-14/h4-6,9-10,15-16,18H,7-8,11-13H2,1-3H3. The average Bonchev–Trinajstić information content (AvgIpc) is 2.39. The van der Waals surface area contributed by atoms with Gasteiger partial charge in [-0.05, 0) is 29.7 Å². The Kier molecular flexibility index (Phi) is 5.00. The first-order valence-electron chi connectivity index (χ1n) is 7.48. The predicted molar refractivity (Wildman–Crippen MR) is 79.6 cm³/mol. The smallest absolute Gasteiger partial charge is 0.0933 e. The second-order valence-corrected chi connectivity index (χ2v) is 6.76. The van der Waals surface area contributed by atoms with Crippen molar-refractivity contribution in [3.63, 3.8) is 0 Å². The lowest BCUT2D eigenvalue weighted by Gasteiger charge is -2.40. The minimum atomic E-state index is 0.355. The highest BCUT2D eigenvalue weighted by atomic mass is 16.6. The minimum Gasteiger partial charge on any atom is -0.297 e. The Morgan fingerprint density at radius 2 is 1.79 bits per heavy atom. The molecule has 0 bridgehead atoms. The molecule has 1 saturated carbocycles. The van der Waals surface area contributed by atoms with Gasteiger partial charge in [0.1, 0.15) is 0 Å². The van der Waals surface area contributed by atoms with Crippen molar-refractivity contribution in [1.29, 1.82) is 0 Å². The lowest BCUT2D eigenvalue weighted by atomic mass is 9.70. The van der Waals surface area contributed by atoms with E-state index in [1.165, 1.54) is 31.2 Å². The lowest BCUT2D eigenvalue weighted by Crippen LogP contribution is -2.44. The van der Waals surface area contributed by atoms with Crippen LogP contribution < -0.4 is 5.48 Å². The van der Waals surface area contributed by atoms with E-state index in [0.717, 1.165) is 0 Å². The summed E-state index contributed by atoms with van der Waals surface area (Å²) >= 11 is 0. The molecule has 0 aliphatic heterocycles. The Labute approximate surface area is 117 Å². The van der Waals surface area contributed by atoms with Crippen LogP contribution in [0, 0.1) is 11.3 Å². The molecule has 2 rings (SSSR count). The summed E-state index contributed by atoms with van der Waals surface area (Å²) in [5, 5.41) is 0. The lowest BCUT2D eigenvalue weighted by molar-refractivity contribution is -0.0379. The van der Waals surface area contributed by atoms with Gasteiger partial charge in [0, 0.05) is 6.04 Å². The van der Waals surface area contributed by atoms with Crippen molar-refractivity contribution in [3.8, 4) is 0 Å². The normalized spacial score (nSPS) is 24.4. The summed E-state index contributed by atoms with van der Waals surface area (Å²) in [5.41, 5.74) is 4.90. The molecule has 1 aromatic rings. The van der Waals surface area contributed by atoms with E-state index < -0.39 is 0 Å². The zero-order valence-corrected chi connectivity index (χ0v) is 12.5. The number of benzene rings is 1. The quantitative estimate of drug-likeness (QED) is 0.815. The van der Waals surface area contributed by atoms with Gasteiger partial charge in [-0.15, -0.1) is 0 Å². The molecule has 1 N–H and O–H groups in total. The summed E-state index contributed by atoms with van der Waals surface area (Å²) in [5.74, 6) is 0.706. The second-order valence-electron chi connectivity index (χ2n) is 6.76. The Bertz CT molecular complexity index is 369. The third-order valence-corrected chi connectivity index (χ3v) is 4.19. The molecular weight excluding hydrogens is 234 g/mol. The van der Waals surface area contributed by atoms with Crippen LogP contribution in [0.3, 0.4) is 0 Å². The largest absolute Gasteiger partial charge is 0.297 e. The van der Waals surface area contributed by atoms with E-state index in [1.807, 2.05) is 6.07 Å². The van der Waals surface area contributed by atoms with Crippen LogP contribution in [0.4, 0.5) is 0 Å². The molecule has 2 heteroatoms. The van der Waals surface area contributed by atoms with E-state index in [0.29, 0.717) is 24.0 Å². The summed E-state index contributed by atoms with van der Waals surface area (Å²) in [6.07, 6.45) is 5.23. The zero-order valence-electron chi connectivity index (χ0n) is 12.5. The molecule has 1 aromatic carbocycles. The summed E-state index contributed by atoms with van der Waals surface area (Å²) < 4.78 is 0. The molecule has 106 valence electrons. The molecular formula is C17H27NO. The van der Waals surface area contributed by atoms with E-state index in [1.54, 1.807) is 0 Å². The van der Waals surface area contributed by atoms with Crippen LogP contribution in [0.2, 0.25) is 0 Å². The van der Waals surface area contributed by atoms with Gasteiger partial charge in [0.25, 0.3) is 0 Å². The molecule has 19 heavy (non-hydrogen) atoms. The Morgan fingerprint density at radius 1 is 1.11 bits per heavy atom. The number of rotatable bonds is 4. The fraction of sp³-hybridized carbons (Fsp3) is 0.647. The third-order valence-electron chi connectivity index (χ3n) is 4.19. The van der Waals surface area contributed by atoms with Gasteiger partial charge < -0.3 is 0 Å². The van der Waals surface area contributed by atoms with E-state index in [2.05, 4.69) is 50.5 Å². The molecule has 2 atom stereocenters. The Hall–Kier alpha value is -0.860. The first kappa shape index (κ1) is 14.5. The van der Waals surface area contributed by atoms with Crippen LogP contribution in [0.25, 0.3) is 0 Å². The maximum Gasteiger partial charge on any atom is 0.0933 e. The fourth-order valence-electron chi connectivity index (χ4n) is 3.11. The van der Waals surface area contributed by atoms with Crippen LogP contribution in [-0.2, 0) is 11.4 Å². The molecule has 2 nitrogen and oxygen atoms in total. The van der Waals surface area contributed by atoms with Crippen LogP contribution in [0.15, 0.2) is 30.3 Å². The van der Waals surface area contributed by atoms with Crippen molar-refractivity contribution in [2.45, 2.75) is 59.1 Å². The highest BCUT2D eigenvalue weighted by Gasteiger charge is 2.34. The summed E-state index contributed by atoms with van der Waals surface area (Å²) in [6, 6.07) is 10.8. The molecule has 0 radical (unpaired) electrons. The van der Waals surface area contributed by atoms with E-state index in [-0.39, 0.29) is 0 Å². The van der Waals surface area contributed by atoms with Crippen molar-refractivity contribution < 1.29 is 4.84 Å². The first-order chi connectivity index (χ1) is 9.07. The van der Waals surface area contributed by atoms with Crippen molar-refractivity contribution in [1.82, 2.24) is 5.48 Å². The predicted octanol–water partition coefficient (Wildman–Crippen LogP) is 4.31. The number of nitrogens with one attached hydrogen (secondary N) is 1. The van der Waals surface area contributed by atoms with Crippen molar-refractivity contribution in [3.05, 3.63) is 35.9 Å². The molecule has 0 aromatic heterocycles. The molecule has 1 fully saturated rings. The highest BCUT2D eigenvalue weighted by Crippen LogP contribution is 2.37. The Morgan fingerprint density at radius 3 is 2.47 bits per heavy atom. The number of hydroxylamine groups is 1. The van der Waals surface area contributed by atoms with E-state index in [4.69, 9.17) is 4.84 Å². The van der Waals surface area contributed by atoms with Gasteiger partial charge >= 0.3 is 0 Å². The molecule has 0 heterocycles. The monoisotopic (exact) mass is 261 g/mol. The van der Waals surface area contributed by atoms with Gasteiger partial charge in [0.15, 0.2) is 0 Å². The summed E-state index contributed by atoms with van der Waals surface area (Å²) in [4.78, 5) is 5.73. The molecule has 1 aliphatic rings. The van der Waals surface area contributed by atoms with Gasteiger partial charge in [-0.2, -0.15) is 5.48 Å². The topological polar surface area (TPSA) is 21.3 Å². The maximum atomic E-state index is 5.73. The third kappa shape index (κ3) is 4.32. The highest BCUT2D eigenvalue weighted by molar-refractivity contribution is 5.13. The van der Waals surface area contributed by atoms with Crippen molar-refractivity contribution in [2.75, 3.05) is 0 Å². The molecule has 0 amide bonds. The van der Waals surface area contributed by atoms with Crippen LogP contribution in [0.5, 0.6) is 0 Å². The molecule has 0 spiro atoms. The number of hydrogen-bond donors (Lipinski definition) is 1. The maximum absolute atomic E-state index is 5.73. The molecule has 0 saturated heterocycles. The average molecular weight is 261 g/mol. The summed E-state index contributed by atoms with van der Waals surface area (Å²) in [7, 11) is 0. The van der Waals surface area contributed by atoms with Gasteiger partial charge in [0.05, 0.1) is 6.61 Å². The van der Waals surface area contributed by atoms with Gasteiger partial charge in [0.2, 0.25) is 0 Å². The second kappa shape index (κ2) is 6.53. The van der Waals surface area contributed by atoms with Gasteiger partial charge in [-0.25, -0.2) is 0 Å². The minimum absolute atomic E-state index is 0.355. The molecule has 2 unspecified atom stereocenters. The Balaban J connectivity index is 1.83. The van der Waals surface area contributed by atoms with E-state index in [9.17, 15) is 0 Å². The van der Waals surface area contributed by atoms with Crippen molar-refractivity contribution in [2.24, 2.45) is 11.3 Å². The van der Waals surface area contributed by atoms with Crippen molar-refractivity contribution >= 4 is 0 Å². The van der Waals surface area contributed by atoms with Gasteiger partial charge in [-0.3, -0.25) is 4.84 Å². The van der Waals surface area contributed by atoms with Crippen LogP contribution >= 0.6 is 0 Å².